The maximum Gasteiger partial charge on any atom is 0.0410 e. The van der Waals surface area contributed by atoms with E-state index < -0.39 is 0 Å². The summed E-state index contributed by atoms with van der Waals surface area (Å²) in [5.74, 6) is 0.925. The Labute approximate surface area is 114 Å². The van der Waals surface area contributed by atoms with Crippen molar-refractivity contribution in [2.45, 2.75) is 17.2 Å². The Hall–Kier alpha value is -0.840. The summed E-state index contributed by atoms with van der Waals surface area (Å²) >= 11 is 5.22. The molecule has 0 saturated heterocycles. The van der Waals surface area contributed by atoms with E-state index in [1.807, 2.05) is 6.20 Å². The first-order valence-electron chi connectivity index (χ1n) is 5.29. The van der Waals surface area contributed by atoms with Gasteiger partial charge in [0.05, 0.1) is 0 Å². The first kappa shape index (κ1) is 12.6. The first-order valence-corrected chi connectivity index (χ1v) is 7.07. The van der Waals surface area contributed by atoms with Gasteiger partial charge in [-0.05, 0) is 45.3 Å². The van der Waals surface area contributed by atoms with E-state index in [4.69, 9.17) is 5.73 Å². The smallest absolute Gasteiger partial charge is 0.0410 e. The highest BCUT2D eigenvalue weighted by molar-refractivity contribution is 9.10. The summed E-state index contributed by atoms with van der Waals surface area (Å²) in [4.78, 5) is 5.40. The van der Waals surface area contributed by atoms with E-state index in [2.05, 4.69) is 51.2 Å². The topological polar surface area (TPSA) is 38.9 Å². The van der Waals surface area contributed by atoms with Crippen LogP contribution in [0.1, 0.15) is 11.1 Å². The maximum absolute atomic E-state index is 5.56. The minimum Gasteiger partial charge on any atom is -0.326 e. The minimum absolute atomic E-state index is 0.598. The molecule has 0 aliphatic carbocycles. The molecule has 2 nitrogen and oxygen atoms in total. The number of rotatable bonds is 4. The van der Waals surface area contributed by atoms with Crippen LogP contribution in [0.5, 0.6) is 0 Å². The third-order valence-electron chi connectivity index (χ3n) is 2.33. The number of hydrogen-bond acceptors (Lipinski definition) is 3. The molecule has 1 heterocycles. The number of nitrogens with zero attached hydrogens (tertiary/aromatic N) is 1. The van der Waals surface area contributed by atoms with E-state index in [1.54, 1.807) is 18.0 Å². The average Bonchev–Trinajstić information content (AvgIpc) is 2.37. The molecule has 2 aromatic rings. The molecule has 0 amide bonds. The van der Waals surface area contributed by atoms with Gasteiger partial charge in [-0.25, -0.2) is 0 Å². The Morgan fingerprint density at radius 2 is 1.88 bits per heavy atom. The molecule has 4 heteroatoms. The van der Waals surface area contributed by atoms with Crippen molar-refractivity contribution in [1.29, 1.82) is 0 Å². The molecule has 0 aliphatic rings. The van der Waals surface area contributed by atoms with Crippen molar-refractivity contribution in [2.24, 2.45) is 5.73 Å². The summed E-state index contributed by atoms with van der Waals surface area (Å²) in [6.45, 7) is 0.598. The molecule has 0 spiro atoms. The highest BCUT2D eigenvalue weighted by atomic mass is 79.9. The standard InChI is InChI=1S/C13H13BrN2S/c14-12-5-11(7-16-8-12)9-17-13-3-1-10(6-15)2-4-13/h1-5,7-8H,6,9,15H2. The summed E-state index contributed by atoms with van der Waals surface area (Å²) in [5.41, 5.74) is 7.94. The lowest BCUT2D eigenvalue weighted by molar-refractivity contribution is 1.07. The van der Waals surface area contributed by atoms with Crippen LogP contribution in [0.15, 0.2) is 52.1 Å². The zero-order valence-electron chi connectivity index (χ0n) is 9.27. The normalized spacial score (nSPS) is 10.5. The second-order valence-electron chi connectivity index (χ2n) is 3.65. The third-order valence-corrected chi connectivity index (χ3v) is 3.84. The van der Waals surface area contributed by atoms with Gasteiger partial charge in [0.15, 0.2) is 0 Å². The SMILES string of the molecule is NCc1ccc(SCc2cncc(Br)c2)cc1. The van der Waals surface area contributed by atoms with Crippen LogP contribution in [0.4, 0.5) is 0 Å². The Balaban J connectivity index is 1.97. The van der Waals surface area contributed by atoms with Crippen LogP contribution >= 0.6 is 27.7 Å². The number of pyridine rings is 1. The average molecular weight is 309 g/mol. The minimum atomic E-state index is 0.598. The van der Waals surface area contributed by atoms with Gasteiger partial charge in [-0.3, -0.25) is 4.98 Å². The lowest BCUT2D eigenvalue weighted by Gasteiger charge is -2.03. The van der Waals surface area contributed by atoms with Crippen LogP contribution < -0.4 is 5.73 Å². The largest absolute Gasteiger partial charge is 0.326 e. The summed E-state index contributed by atoms with van der Waals surface area (Å²) in [7, 11) is 0. The molecular formula is C13H13BrN2S. The molecule has 0 saturated carbocycles. The molecule has 0 atom stereocenters. The Morgan fingerprint density at radius 3 is 2.53 bits per heavy atom. The molecule has 0 fully saturated rings. The Morgan fingerprint density at radius 1 is 1.12 bits per heavy atom. The van der Waals surface area contributed by atoms with E-state index in [0.29, 0.717) is 6.54 Å². The van der Waals surface area contributed by atoms with Gasteiger partial charge in [0.2, 0.25) is 0 Å². The zero-order valence-corrected chi connectivity index (χ0v) is 11.7. The lowest BCUT2D eigenvalue weighted by Crippen LogP contribution is -1.94. The molecule has 2 rings (SSSR count). The van der Waals surface area contributed by atoms with Gasteiger partial charge >= 0.3 is 0 Å². The van der Waals surface area contributed by atoms with Crippen LogP contribution in [0.3, 0.4) is 0 Å². The number of hydrogen-bond donors (Lipinski definition) is 1. The van der Waals surface area contributed by atoms with E-state index in [9.17, 15) is 0 Å². The Kier molecular flexibility index (Phi) is 4.59. The van der Waals surface area contributed by atoms with Crippen molar-refractivity contribution in [1.82, 2.24) is 4.98 Å². The molecule has 0 aliphatic heterocycles. The van der Waals surface area contributed by atoms with E-state index in [1.165, 1.54) is 16.0 Å². The van der Waals surface area contributed by atoms with Crippen molar-refractivity contribution in [3.63, 3.8) is 0 Å². The highest BCUT2D eigenvalue weighted by Gasteiger charge is 1.98. The van der Waals surface area contributed by atoms with Crippen molar-refractivity contribution >= 4 is 27.7 Å². The van der Waals surface area contributed by atoms with Gasteiger partial charge in [-0.2, -0.15) is 0 Å². The fourth-order valence-electron chi connectivity index (χ4n) is 1.42. The quantitative estimate of drug-likeness (QED) is 0.877. The van der Waals surface area contributed by atoms with Crippen LogP contribution in [0.2, 0.25) is 0 Å². The molecule has 0 unspecified atom stereocenters. The van der Waals surface area contributed by atoms with Gasteiger partial charge in [-0.15, -0.1) is 11.8 Å². The molecule has 1 aromatic heterocycles. The summed E-state index contributed by atoms with van der Waals surface area (Å²) in [5, 5.41) is 0. The summed E-state index contributed by atoms with van der Waals surface area (Å²) in [6.07, 6.45) is 3.69. The molecule has 1 aromatic carbocycles. The lowest BCUT2D eigenvalue weighted by atomic mass is 10.2. The maximum atomic E-state index is 5.56. The van der Waals surface area contributed by atoms with Gasteiger partial charge in [0, 0.05) is 34.1 Å². The van der Waals surface area contributed by atoms with Gasteiger partial charge in [-0.1, -0.05) is 12.1 Å². The third kappa shape index (κ3) is 3.84. The molecule has 88 valence electrons. The van der Waals surface area contributed by atoms with Crippen molar-refractivity contribution in [3.8, 4) is 0 Å². The molecule has 17 heavy (non-hydrogen) atoms. The number of aromatic nitrogens is 1. The highest BCUT2D eigenvalue weighted by Crippen LogP contribution is 2.23. The predicted molar refractivity (Wildman–Crippen MR) is 75.8 cm³/mol. The van der Waals surface area contributed by atoms with E-state index in [-0.39, 0.29) is 0 Å². The van der Waals surface area contributed by atoms with Crippen molar-refractivity contribution in [3.05, 3.63) is 58.3 Å². The van der Waals surface area contributed by atoms with Crippen LogP contribution in [0, 0.1) is 0 Å². The predicted octanol–water partition coefficient (Wildman–Crippen LogP) is 3.60. The number of nitrogens with two attached hydrogens (primary N) is 1. The molecular weight excluding hydrogens is 296 g/mol. The van der Waals surface area contributed by atoms with E-state index >= 15 is 0 Å². The van der Waals surface area contributed by atoms with Crippen molar-refractivity contribution in [2.75, 3.05) is 0 Å². The van der Waals surface area contributed by atoms with E-state index in [0.717, 1.165) is 10.2 Å². The molecule has 0 bridgehead atoms. The van der Waals surface area contributed by atoms with Gasteiger partial charge in [0.25, 0.3) is 0 Å². The van der Waals surface area contributed by atoms with Crippen LogP contribution in [-0.4, -0.2) is 4.98 Å². The number of thioether (sulfide) groups is 1. The second-order valence-corrected chi connectivity index (χ2v) is 5.61. The van der Waals surface area contributed by atoms with Gasteiger partial charge < -0.3 is 5.73 Å². The van der Waals surface area contributed by atoms with Gasteiger partial charge in [0.1, 0.15) is 0 Å². The zero-order chi connectivity index (χ0) is 12.1. The summed E-state index contributed by atoms with van der Waals surface area (Å²) < 4.78 is 1.02. The number of halogens is 1. The van der Waals surface area contributed by atoms with Crippen LogP contribution in [0.25, 0.3) is 0 Å². The Bertz CT molecular complexity index is 485. The fraction of sp³-hybridized carbons (Fsp3) is 0.154. The monoisotopic (exact) mass is 308 g/mol. The first-order chi connectivity index (χ1) is 8.28. The number of benzene rings is 1. The molecule has 2 N–H and O–H groups in total. The summed E-state index contributed by atoms with van der Waals surface area (Å²) in [6, 6.07) is 10.5. The van der Waals surface area contributed by atoms with Crippen LogP contribution in [-0.2, 0) is 12.3 Å². The fourth-order valence-corrected chi connectivity index (χ4v) is 2.66. The second kappa shape index (κ2) is 6.19. The molecule has 0 radical (unpaired) electrons. The van der Waals surface area contributed by atoms with Crippen molar-refractivity contribution < 1.29 is 0 Å².